The Kier molecular flexibility index (Phi) is 4.39. The van der Waals surface area contributed by atoms with E-state index in [9.17, 15) is 0 Å². The van der Waals surface area contributed by atoms with Gasteiger partial charge in [-0.05, 0) is 63.4 Å². The van der Waals surface area contributed by atoms with Gasteiger partial charge in [0.05, 0.1) is 5.52 Å². The number of rotatable bonds is 4. The zero-order valence-electron chi connectivity index (χ0n) is 13.1. The summed E-state index contributed by atoms with van der Waals surface area (Å²) in [6, 6.07) is 10.7. The fourth-order valence-corrected chi connectivity index (χ4v) is 3.29. The van der Waals surface area contributed by atoms with Crippen LogP contribution in [-0.2, 0) is 0 Å². The van der Waals surface area contributed by atoms with E-state index in [-0.39, 0.29) is 0 Å². The number of piperidine rings is 1. The maximum Gasteiger partial charge on any atom is 0.132 e. The van der Waals surface area contributed by atoms with Crippen molar-refractivity contribution in [2.24, 2.45) is 5.92 Å². The monoisotopic (exact) mass is 283 g/mol. The molecular formula is C18H25N3. The number of hydrogen-bond donors (Lipinski definition) is 1. The Balaban J connectivity index is 1.86. The van der Waals surface area contributed by atoms with Crippen molar-refractivity contribution in [3.05, 3.63) is 35.9 Å². The Labute approximate surface area is 127 Å². The van der Waals surface area contributed by atoms with Crippen LogP contribution in [0.25, 0.3) is 10.9 Å². The van der Waals surface area contributed by atoms with Gasteiger partial charge in [0.15, 0.2) is 0 Å². The second kappa shape index (κ2) is 6.44. The molecule has 0 saturated carbocycles. The third-order valence-electron chi connectivity index (χ3n) is 4.45. The second-order valence-electron chi connectivity index (χ2n) is 6.07. The van der Waals surface area contributed by atoms with Crippen LogP contribution in [0.3, 0.4) is 0 Å². The Hall–Kier alpha value is -1.61. The third-order valence-corrected chi connectivity index (χ3v) is 4.45. The van der Waals surface area contributed by atoms with E-state index in [1.54, 1.807) is 0 Å². The van der Waals surface area contributed by atoms with Crippen LogP contribution in [0.15, 0.2) is 30.3 Å². The highest BCUT2D eigenvalue weighted by Gasteiger charge is 2.18. The highest BCUT2D eigenvalue weighted by molar-refractivity contribution is 5.81. The standard InChI is InChI=1S/C18H25N3/c1-3-21(13-15-7-6-10-19-12-15)18-14(2)11-16-8-4-5-9-17(16)20-18/h4-5,8-9,11,15,19H,3,6-7,10,12-13H2,1-2H3. The molecular weight excluding hydrogens is 258 g/mol. The van der Waals surface area contributed by atoms with Gasteiger partial charge in [-0.2, -0.15) is 0 Å². The summed E-state index contributed by atoms with van der Waals surface area (Å²) in [7, 11) is 0. The minimum Gasteiger partial charge on any atom is -0.356 e. The molecule has 0 radical (unpaired) electrons. The van der Waals surface area contributed by atoms with Crippen molar-refractivity contribution in [2.45, 2.75) is 26.7 Å². The van der Waals surface area contributed by atoms with Crippen LogP contribution >= 0.6 is 0 Å². The largest absolute Gasteiger partial charge is 0.356 e. The Bertz CT molecular complexity index is 602. The summed E-state index contributed by atoms with van der Waals surface area (Å²) in [4.78, 5) is 7.36. The highest BCUT2D eigenvalue weighted by Crippen LogP contribution is 2.24. The molecule has 0 bridgehead atoms. The van der Waals surface area contributed by atoms with E-state index in [1.807, 2.05) is 0 Å². The molecule has 2 aromatic rings. The molecule has 0 amide bonds. The Morgan fingerprint density at radius 3 is 2.95 bits per heavy atom. The molecule has 1 aromatic heterocycles. The summed E-state index contributed by atoms with van der Waals surface area (Å²) in [5.41, 5.74) is 2.37. The molecule has 1 aliphatic heterocycles. The van der Waals surface area contributed by atoms with Crippen LogP contribution in [-0.4, -0.2) is 31.2 Å². The predicted octanol–water partition coefficient (Wildman–Crippen LogP) is 3.37. The van der Waals surface area contributed by atoms with Crippen molar-refractivity contribution < 1.29 is 0 Å². The number of fused-ring (bicyclic) bond motifs is 1. The third kappa shape index (κ3) is 3.18. The van der Waals surface area contributed by atoms with Gasteiger partial charge in [0, 0.05) is 18.5 Å². The van der Waals surface area contributed by atoms with Crippen LogP contribution in [0.1, 0.15) is 25.3 Å². The molecule has 2 heterocycles. The van der Waals surface area contributed by atoms with E-state index in [2.05, 4.69) is 54.4 Å². The van der Waals surface area contributed by atoms with Crippen LogP contribution < -0.4 is 10.2 Å². The number of aromatic nitrogens is 1. The molecule has 3 heteroatoms. The zero-order valence-corrected chi connectivity index (χ0v) is 13.1. The van der Waals surface area contributed by atoms with Gasteiger partial charge in [-0.1, -0.05) is 18.2 Å². The lowest BCUT2D eigenvalue weighted by Crippen LogP contribution is -2.38. The maximum absolute atomic E-state index is 4.92. The van der Waals surface area contributed by atoms with Crippen molar-refractivity contribution in [1.82, 2.24) is 10.3 Å². The lowest BCUT2D eigenvalue weighted by Gasteiger charge is -2.31. The normalized spacial score (nSPS) is 18.9. The fourth-order valence-electron chi connectivity index (χ4n) is 3.29. The van der Waals surface area contributed by atoms with Crippen molar-refractivity contribution in [3.8, 4) is 0 Å². The van der Waals surface area contributed by atoms with E-state index in [0.717, 1.165) is 36.9 Å². The van der Waals surface area contributed by atoms with E-state index in [0.29, 0.717) is 0 Å². The first-order chi connectivity index (χ1) is 10.3. The summed E-state index contributed by atoms with van der Waals surface area (Å²) in [5.74, 6) is 1.90. The van der Waals surface area contributed by atoms with E-state index in [4.69, 9.17) is 4.98 Å². The SMILES string of the molecule is CCN(CC1CCCNC1)c1nc2ccccc2cc1C. The first kappa shape index (κ1) is 14.3. The van der Waals surface area contributed by atoms with Gasteiger partial charge in [0.1, 0.15) is 5.82 Å². The Morgan fingerprint density at radius 2 is 2.19 bits per heavy atom. The predicted molar refractivity (Wildman–Crippen MR) is 90.0 cm³/mol. The molecule has 1 aromatic carbocycles. The quantitative estimate of drug-likeness (QED) is 0.932. The number of para-hydroxylation sites is 1. The molecule has 0 aliphatic carbocycles. The van der Waals surface area contributed by atoms with Gasteiger partial charge >= 0.3 is 0 Å². The number of nitrogens with zero attached hydrogens (tertiary/aromatic N) is 2. The molecule has 21 heavy (non-hydrogen) atoms. The minimum atomic E-state index is 0.742. The zero-order chi connectivity index (χ0) is 14.7. The van der Waals surface area contributed by atoms with Gasteiger partial charge in [-0.15, -0.1) is 0 Å². The average molecular weight is 283 g/mol. The number of nitrogens with one attached hydrogen (secondary N) is 1. The number of benzene rings is 1. The molecule has 1 unspecified atom stereocenters. The summed E-state index contributed by atoms with van der Waals surface area (Å²) in [6.07, 6.45) is 2.63. The van der Waals surface area contributed by atoms with Gasteiger partial charge < -0.3 is 10.2 Å². The van der Waals surface area contributed by atoms with E-state index >= 15 is 0 Å². The minimum absolute atomic E-state index is 0.742. The molecule has 1 aliphatic rings. The van der Waals surface area contributed by atoms with Gasteiger partial charge in [0.2, 0.25) is 0 Å². The number of hydrogen-bond acceptors (Lipinski definition) is 3. The number of pyridine rings is 1. The number of aryl methyl sites for hydroxylation is 1. The van der Waals surface area contributed by atoms with Crippen LogP contribution in [0, 0.1) is 12.8 Å². The molecule has 1 fully saturated rings. The van der Waals surface area contributed by atoms with Gasteiger partial charge in [-0.25, -0.2) is 4.98 Å². The summed E-state index contributed by atoms with van der Waals surface area (Å²) in [5, 5.41) is 4.74. The molecule has 1 atom stereocenters. The summed E-state index contributed by atoms with van der Waals surface area (Å²) in [6.45, 7) is 8.85. The first-order valence-electron chi connectivity index (χ1n) is 8.10. The highest BCUT2D eigenvalue weighted by atomic mass is 15.2. The topological polar surface area (TPSA) is 28.2 Å². The maximum atomic E-state index is 4.92. The number of anilines is 1. The lowest BCUT2D eigenvalue weighted by atomic mass is 9.99. The van der Waals surface area contributed by atoms with Crippen LogP contribution in [0.2, 0.25) is 0 Å². The molecule has 1 N–H and O–H groups in total. The second-order valence-corrected chi connectivity index (χ2v) is 6.07. The Morgan fingerprint density at radius 1 is 1.33 bits per heavy atom. The summed E-state index contributed by atoms with van der Waals surface area (Å²) < 4.78 is 0. The fraction of sp³-hybridized carbons (Fsp3) is 0.500. The van der Waals surface area contributed by atoms with Crippen LogP contribution in [0.4, 0.5) is 5.82 Å². The van der Waals surface area contributed by atoms with Crippen molar-refractivity contribution in [1.29, 1.82) is 0 Å². The van der Waals surface area contributed by atoms with Crippen molar-refractivity contribution in [3.63, 3.8) is 0 Å². The smallest absolute Gasteiger partial charge is 0.132 e. The van der Waals surface area contributed by atoms with E-state index in [1.165, 1.54) is 30.3 Å². The average Bonchev–Trinajstić information content (AvgIpc) is 2.53. The van der Waals surface area contributed by atoms with Gasteiger partial charge in [0.25, 0.3) is 0 Å². The molecule has 3 rings (SSSR count). The lowest BCUT2D eigenvalue weighted by molar-refractivity contribution is 0.377. The van der Waals surface area contributed by atoms with Crippen LogP contribution in [0.5, 0.6) is 0 Å². The summed E-state index contributed by atoms with van der Waals surface area (Å²) >= 11 is 0. The first-order valence-corrected chi connectivity index (χ1v) is 8.10. The van der Waals surface area contributed by atoms with Gasteiger partial charge in [-0.3, -0.25) is 0 Å². The van der Waals surface area contributed by atoms with E-state index < -0.39 is 0 Å². The molecule has 1 saturated heterocycles. The van der Waals surface area contributed by atoms with Crippen molar-refractivity contribution in [2.75, 3.05) is 31.1 Å². The molecule has 3 nitrogen and oxygen atoms in total. The molecule has 0 spiro atoms. The molecule has 112 valence electrons. The van der Waals surface area contributed by atoms with Crippen molar-refractivity contribution >= 4 is 16.7 Å².